The van der Waals surface area contributed by atoms with E-state index in [0.717, 1.165) is 122 Å². The van der Waals surface area contributed by atoms with Gasteiger partial charge in [0.1, 0.15) is 6.10 Å². The summed E-state index contributed by atoms with van der Waals surface area (Å²) < 4.78 is 22.7. The highest BCUT2D eigenvalue weighted by molar-refractivity contribution is 5.72. The van der Waals surface area contributed by atoms with Crippen molar-refractivity contribution in [3.63, 3.8) is 0 Å². The number of carbonyl (C=O) groups excluding carboxylic acids is 2. The average molecular weight is 798 g/mol. The summed E-state index contributed by atoms with van der Waals surface area (Å²) in [4.78, 5) is 28.0. The number of esters is 1. The monoisotopic (exact) mass is 798 g/mol. The Morgan fingerprint density at radius 2 is 0.857 bits per heavy atom. The molecule has 8 nitrogen and oxygen atoms in total. The number of ether oxygens (including phenoxy) is 4. The molecule has 56 heavy (non-hydrogen) atoms. The maximum absolute atomic E-state index is 13.0. The van der Waals surface area contributed by atoms with Crippen LogP contribution in [0.15, 0.2) is 0 Å². The molecule has 0 rings (SSSR count). The van der Waals surface area contributed by atoms with Crippen molar-refractivity contribution < 1.29 is 33.6 Å². The van der Waals surface area contributed by atoms with Gasteiger partial charge in [-0.15, -0.1) is 0 Å². The van der Waals surface area contributed by atoms with E-state index in [4.69, 9.17) is 24.1 Å². The average Bonchev–Trinajstić information content (AvgIpc) is 3.20. The minimum atomic E-state index is -0.491. The van der Waals surface area contributed by atoms with Crippen molar-refractivity contribution >= 4 is 12.1 Å². The Labute approximate surface area is 347 Å². The van der Waals surface area contributed by atoms with E-state index < -0.39 is 6.16 Å². The van der Waals surface area contributed by atoms with E-state index in [0.29, 0.717) is 26.4 Å². The van der Waals surface area contributed by atoms with Gasteiger partial charge in [0.05, 0.1) is 39.0 Å². The lowest BCUT2D eigenvalue weighted by atomic mass is 9.94. The van der Waals surface area contributed by atoms with Crippen molar-refractivity contribution in [3.8, 4) is 0 Å². The number of aliphatic hydroxyl groups is 1. The highest BCUT2D eigenvalue weighted by Crippen LogP contribution is 2.21. The molecule has 0 amide bonds. The fourth-order valence-corrected chi connectivity index (χ4v) is 7.48. The summed E-state index contributed by atoms with van der Waals surface area (Å²) in [6, 6.07) is 0. The van der Waals surface area contributed by atoms with Crippen molar-refractivity contribution in [2.75, 3.05) is 52.7 Å². The maximum atomic E-state index is 13.0. The van der Waals surface area contributed by atoms with Gasteiger partial charge in [0.25, 0.3) is 0 Å². The second-order valence-corrected chi connectivity index (χ2v) is 16.5. The van der Waals surface area contributed by atoms with Gasteiger partial charge in [0.2, 0.25) is 0 Å². The fourth-order valence-electron chi connectivity index (χ4n) is 7.48. The second kappa shape index (κ2) is 44.7. The molecule has 0 aromatic carbocycles. The van der Waals surface area contributed by atoms with Crippen molar-refractivity contribution in [2.45, 2.75) is 239 Å². The summed E-state index contributed by atoms with van der Waals surface area (Å²) in [5.41, 5.74) is 0. The fraction of sp³-hybridized carbons (Fsp3) is 0.958. The van der Waals surface area contributed by atoms with E-state index in [1.165, 1.54) is 103 Å². The van der Waals surface area contributed by atoms with E-state index in [1.807, 2.05) is 0 Å². The van der Waals surface area contributed by atoms with Gasteiger partial charge in [-0.1, -0.05) is 169 Å². The Kier molecular flexibility index (Phi) is 43.6. The molecule has 0 aliphatic rings. The molecule has 0 aliphatic carbocycles. The first-order chi connectivity index (χ1) is 27.5. The Hall–Kier alpha value is -1.38. The Morgan fingerprint density at radius 1 is 0.446 bits per heavy atom. The van der Waals surface area contributed by atoms with E-state index in [2.05, 4.69) is 32.6 Å². The molecule has 1 N–H and O–H groups in total. The molecule has 0 aromatic heterocycles. The number of aliphatic hydroxyl groups excluding tert-OH is 1. The molecule has 8 heteroatoms. The first-order valence-electron chi connectivity index (χ1n) is 24.4. The summed E-state index contributed by atoms with van der Waals surface area (Å²) in [6.45, 7) is 13.9. The van der Waals surface area contributed by atoms with Crippen LogP contribution in [0.2, 0.25) is 0 Å². The normalized spacial score (nSPS) is 12.6. The van der Waals surface area contributed by atoms with Crippen LogP contribution in [0.1, 0.15) is 233 Å². The molecule has 0 saturated carbocycles. The lowest BCUT2D eigenvalue weighted by Gasteiger charge is -2.22. The van der Waals surface area contributed by atoms with Gasteiger partial charge in [-0.3, -0.25) is 4.79 Å². The number of hydrogen-bond acceptors (Lipinski definition) is 8. The maximum Gasteiger partial charge on any atom is 0.508 e. The van der Waals surface area contributed by atoms with E-state index >= 15 is 0 Å². The lowest BCUT2D eigenvalue weighted by Crippen LogP contribution is -2.30. The Bertz CT molecular complexity index is 812. The van der Waals surface area contributed by atoms with Gasteiger partial charge >= 0.3 is 12.1 Å². The number of rotatable bonds is 45. The molecule has 0 aromatic rings. The van der Waals surface area contributed by atoms with Crippen LogP contribution in [0, 0.1) is 5.92 Å². The zero-order valence-electron chi connectivity index (χ0n) is 37.8. The molecule has 0 fully saturated rings. The molecular weight excluding hydrogens is 703 g/mol. The molecule has 0 spiro atoms. The number of unbranched alkanes of at least 4 members (excludes halogenated alkanes) is 22. The highest BCUT2D eigenvalue weighted by atomic mass is 16.7. The molecule has 0 saturated heterocycles. The van der Waals surface area contributed by atoms with E-state index in [1.54, 1.807) is 0 Å². The Morgan fingerprint density at radius 3 is 1.36 bits per heavy atom. The Balaban J connectivity index is 4.39. The van der Waals surface area contributed by atoms with Gasteiger partial charge in [-0.25, -0.2) is 4.79 Å². The van der Waals surface area contributed by atoms with E-state index in [-0.39, 0.29) is 24.6 Å². The predicted octanol–water partition coefficient (Wildman–Crippen LogP) is 13.5. The van der Waals surface area contributed by atoms with Crippen LogP contribution in [0.25, 0.3) is 0 Å². The van der Waals surface area contributed by atoms with Crippen LogP contribution < -0.4 is 0 Å². The third kappa shape index (κ3) is 38.2. The minimum absolute atomic E-state index is 0.0161. The second-order valence-electron chi connectivity index (χ2n) is 16.5. The molecule has 334 valence electrons. The van der Waals surface area contributed by atoms with Crippen LogP contribution in [0.3, 0.4) is 0 Å². The van der Waals surface area contributed by atoms with Crippen molar-refractivity contribution in [1.82, 2.24) is 4.90 Å². The first-order valence-corrected chi connectivity index (χ1v) is 24.4. The SMILES string of the molecule is CCCCCCCCC(CCCCCC)OC(=O)OCCCCCCN(CCCCCCOC(=O)C(CCCCCC)CCCCCCCC)CCOCCO. The molecule has 2 unspecified atom stereocenters. The van der Waals surface area contributed by atoms with Gasteiger partial charge in [0.15, 0.2) is 0 Å². The number of carbonyl (C=O) groups is 2. The van der Waals surface area contributed by atoms with E-state index in [9.17, 15) is 9.59 Å². The molecule has 0 radical (unpaired) electrons. The highest BCUT2D eigenvalue weighted by Gasteiger charge is 2.19. The van der Waals surface area contributed by atoms with Crippen molar-refractivity contribution in [2.24, 2.45) is 5.92 Å². The topological polar surface area (TPSA) is 94.5 Å². The molecule has 0 heterocycles. The third-order valence-corrected chi connectivity index (χ3v) is 11.2. The van der Waals surface area contributed by atoms with Gasteiger partial charge in [-0.2, -0.15) is 0 Å². The summed E-state index contributed by atoms with van der Waals surface area (Å²) in [5, 5.41) is 9.10. The summed E-state index contributed by atoms with van der Waals surface area (Å²) in [7, 11) is 0. The van der Waals surface area contributed by atoms with Gasteiger partial charge < -0.3 is 29.0 Å². The zero-order chi connectivity index (χ0) is 41.0. The smallest absolute Gasteiger partial charge is 0.465 e. The summed E-state index contributed by atoms with van der Waals surface area (Å²) in [6.07, 6.45) is 36.3. The van der Waals surface area contributed by atoms with Gasteiger partial charge in [0, 0.05) is 6.54 Å². The summed E-state index contributed by atoms with van der Waals surface area (Å²) in [5.74, 6) is 0.113. The van der Waals surface area contributed by atoms with Crippen LogP contribution >= 0.6 is 0 Å². The molecule has 0 bridgehead atoms. The number of hydrogen-bond donors (Lipinski definition) is 1. The first kappa shape index (κ1) is 54.6. The van der Waals surface area contributed by atoms with Crippen molar-refractivity contribution in [3.05, 3.63) is 0 Å². The summed E-state index contributed by atoms with van der Waals surface area (Å²) >= 11 is 0. The van der Waals surface area contributed by atoms with Gasteiger partial charge in [-0.05, 0) is 77.3 Å². The predicted molar refractivity (Wildman–Crippen MR) is 235 cm³/mol. The van der Waals surface area contributed by atoms with Crippen molar-refractivity contribution in [1.29, 1.82) is 0 Å². The van der Waals surface area contributed by atoms with Crippen LogP contribution in [0.4, 0.5) is 4.79 Å². The van der Waals surface area contributed by atoms with Crippen LogP contribution in [0.5, 0.6) is 0 Å². The van der Waals surface area contributed by atoms with Crippen LogP contribution in [-0.4, -0.2) is 80.9 Å². The standard InChI is InChI=1S/C48H95NO7/c1-5-9-13-17-19-26-34-45(33-25-15-11-7-3)47(51)54-41-31-23-21-29-37-49(39-43-53-44-40-50)38-30-22-24-32-42-55-48(52)56-46(35-27-16-12-8-4)36-28-20-18-14-10-6-2/h45-46,50H,5-44H2,1-4H3. The lowest BCUT2D eigenvalue weighted by molar-refractivity contribution is -0.149. The third-order valence-electron chi connectivity index (χ3n) is 11.2. The van der Waals surface area contributed by atoms with Crippen LogP contribution in [-0.2, 0) is 23.7 Å². The zero-order valence-corrected chi connectivity index (χ0v) is 37.8. The number of nitrogens with zero attached hydrogens (tertiary/aromatic N) is 1. The largest absolute Gasteiger partial charge is 0.508 e. The minimum Gasteiger partial charge on any atom is -0.465 e. The molecule has 2 atom stereocenters. The quantitative estimate of drug-likeness (QED) is 0.0481. The molecular formula is C48H95NO7. The molecule has 0 aliphatic heterocycles.